The van der Waals surface area contributed by atoms with Crippen molar-refractivity contribution in [3.05, 3.63) is 29.8 Å². The lowest BCUT2D eigenvalue weighted by atomic mass is 9.98. The Labute approximate surface area is 115 Å². The van der Waals surface area contributed by atoms with Crippen molar-refractivity contribution in [2.75, 3.05) is 40.5 Å². The van der Waals surface area contributed by atoms with Crippen LogP contribution in [0, 0.1) is 0 Å². The molecule has 1 aromatic carbocycles. The SMILES string of the molecule is CCOc1ccc(C(C2COCCN2)N(C)C)cc1. The van der Waals surface area contributed by atoms with Gasteiger partial charge in [-0.25, -0.2) is 0 Å². The number of morpholine rings is 1. The Morgan fingerprint density at radius 2 is 2.11 bits per heavy atom. The van der Waals surface area contributed by atoms with E-state index < -0.39 is 0 Å². The van der Waals surface area contributed by atoms with Crippen LogP contribution in [0.15, 0.2) is 24.3 Å². The molecule has 1 fully saturated rings. The summed E-state index contributed by atoms with van der Waals surface area (Å²) in [5.74, 6) is 0.927. The van der Waals surface area contributed by atoms with E-state index in [4.69, 9.17) is 9.47 Å². The largest absolute Gasteiger partial charge is 0.494 e. The molecule has 0 bridgehead atoms. The number of nitrogens with one attached hydrogen (secondary N) is 1. The Morgan fingerprint density at radius 1 is 1.37 bits per heavy atom. The van der Waals surface area contributed by atoms with Gasteiger partial charge in [0.2, 0.25) is 0 Å². The molecule has 4 heteroatoms. The number of likely N-dealkylation sites (N-methyl/N-ethyl adjacent to an activating group) is 1. The van der Waals surface area contributed by atoms with Crippen molar-refractivity contribution in [2.45, 2.75) is 19.0 Å². The Kier molecular flexibility index (Phi) is 5.19. The third-order valence-electron chi connectivity index (χ3n) is 3.42. The summed E-state index contributed by atoms with van der Waals surface area (Å²) in [4.78, 5) is 2.24. The van der Waals surface area contributed by atoms with Crippen LogP contribution in [0.5, 0.6) is 5.75 Å². The van der Waals surface area contributed by atoms with Crippen molar-refractivity contribution in [3.63, 3.8) is 0 Å². The van der Waals surface area contributed by atoms with Crippen molar-refractivity contribution in [2.24, 2.45) is 0 Å². The van der Waals surface area contributed by atoms with Gasteiger partial charge in [0.1, 0.15) is 5.75 Å². The minimum atomic E-state index is 0.316. The second-order valence-electron chi connectivity index (χ2n) is 5.05. The van der Waals surface area contributed by atoms with Gasteiger partial charge in [-0.3, -0.25) is 0 Å². The number of hydrogen-bond donors (Lipinski definition) is 1. The van der Waals surface area contributed by atoms with Gasteiger partial charge in [0.05, 0.1) is 31.9 Å². The van der Waals surface area contributed by atoms with Crippen LogP contribution in [-0.2, 0) is 4.74 Å². The summed E-state index contributed by atoms with van der Waals surface area (Å²) in [6, 6.07) is 9.02. The van der Waals surface area contributed by atoms with E-state index in [0.717, 1.165) is 25.5 Å². The summed E-state index contributed by atoms with van der Waals surface area (Å²) < 4.78 is 11.1. The normalized spacial score (nSPS) is 21.4. The molecule has 1 aromatic rings. The summed E-state index contributed by atoms with van der Waals surface area (Å²) in [5, 5.41) is 3.54. The van der Waals surface area contributed by atoms with Crippen LogP contribution < -0.4 is 10.1 Å². The second kappa shape index (κ2) is 6.89. The highest BCUT2D eigenvalue weighted by molar-refractivity contribution is 5.30. The zero-order valence-corrected chi connectivity index (χ0v) is 12.1. The van der Waals surface area contributed by atoms with E-state index in [9.17, 15) is 0 Å². The molecule has 0 spiro atoms. The first-order valence-electron chi connectivity index (χ1n) is 6.92. The molecule has 106 valence electrons. The van der Waals surface area contributed by atoms with Gasteiger partial charge in [-0.1, -0.05) is 12.1 Å². The molecule has 1 heterocycles. The number of ether oxygens (including phenoxy) is 2. The van der Waals surface area contributed by atoms with E-state index in [1.165, 1.54) is 5.56 Å². The highest BCUT2D eigenvalue weighted by atomic mass is 16.5. The van der Waals surface area contributed by atoms with Crippen molar-refractivity contribution < 1.29 is 9.47 Å². The molecular formula is C15H24N2O2. The number of nitrogens with zero attached hydrogens (tertiary/aromatic N) is 1. The number of benzene rings is 1. The molecule has 1 aliphatic heterocycles. The molecule has 1 N–H and O–H groups in total. The molecular weight excluding hydrogens is 240 g/mol. The van der Waals surface area contributed by atoms with Gasteiger partial charge in [0, 0.05) is 6.54 Å². The lowest BCUT2D eigenvalue weighted by molar-refractivity contribution is 0.0459. The first-order valence-corrected chi connectivity index (χ1v) is 6.92. The van der Waals surface area contributed by atoms with Gasteiger partial charge in [-0.15, -0.1) is 0 Å². The van der Waals surface area contributed by atoms with Gasteiger partial charge in [0.25, 0.3) is 0 Å². The fourth-order valence-corrected chi connectivity index (χ4v) is 2.61. The van der Waals surface area contributed by atoms with Crippen LogP contribution in [0.2, 0.25) is 0 Å². The van der Waals surface area contributed by atoms with Crippen molar-refractivity contribution in [1.82, 2.24) is 10.2 Å². The molecule has 0 aromatic heterocycles. The lowest BCUT2D eigenvalue weighted by Gasteiger charge is -2.35. The van der Waals surface area contributed by atoms with Crippen molar-refractivity contribution in [1.29, 1.82) is 0 Å². The van der Waals surface area contributed by atoms with Gasteiger partial charge in [0.15, 0.2) is 0 Å². The summed E-state index contributed by atoms with van der Waals surface area (Å²) >= 11 is 0. The first-order chi connectivity index (χ1) is 9.22. The van der Waals surface area contributed by atoms with E-state index in [0.29, 0.717) is 18.7 Å². The predicted octanol–water partition coefficient (Wildman–Crippen LogP) is 1.68. The quantitative estimate of drug-likeness (QED) is 0.877. The standard InChI is InChI=1S/C15H24N2O2/c1-4-19-13-7-5-12(6-8-13)15(17(2)3)14-11-18-10-9-16-14/h5-8,14-16H,4,9-11H2,1-3H3. The summed E-state index contributed by atoms with van der Waals surface area (Å²) in [5.41, 5.74) is 1.29. The van der Waals surface area contributed by atoms with Crippen LogP contribution in [0.4, 0.5) is 0 Å². The Hall–Kier alpha value is -1.10. The average molecular weight is 264 g/mol. The monoisotopic (exact) mass is 264 g/mol. The maximum atomic E-state index is 5.58. The van der Waals surface area contributed by atoms with E-state index in [2.05, 4.69) is 36.4 Å². The number of hydrogen-bond acceptors (Lipinski definition) is 4. The molecule has 0 aliphatic carbocycles. The highest BCUT2D eigenvalue weighted by Crippen LogP contribution is 2.25. The summed E-state index contributed by atoms with van der Waals surface area (Å²) in [6.45, 7) is 5.19. The fourth-order valence-electron chi connectivity index (χ4n) is 2.61. The van der Waals surface area contributed by atoms with Crippen LogP contribution in [0.3, 0.4) is 0 Å². The van der Waals surface area contributed by atoms with Crippen molar-refractivity contribution >= 4 is 0 Å². The molecule has 0 amide bonds. The average Bonchev–Trinajstić information content (AvgIpc) is 2.42. The van der Waals surface area contributed by atoms with Crippen LogP contribution >= 0.6 is 0 Å². The van der Waals surface area contributed by atoms with Gasteiger partial charge in [-0.2, -0.15) is 0 Å². The smallest absolute Gasteiger partial charge is 0.119 e. The molecule has 2 unspecified atom stereocenters. The van der Waals surface area contributed by atoms with Crippen LogP contribution in [-0.4, -0.2) is 51.4 Å². The maximum absolute atomic E-state index is 5.58. The van der Waals surface area contributed by atoms with Gasteiger partial charge in [-0.05, 0) is 38.7 Å². The zero-order chi connectivity index (χ0) is 13.7. The molecule has 19 heavy (non-hydrogen) atoms. The van der Waals surface area contributed by atoms with Crippen molar-refractivity contribution in [3.8, 4) is 5.75 Å². The zero-order valence-electron chi connectivity index (χ0n) is 12.1. The highest BCUT2D eigenvalue weighted by Gasteiger charge is 2.26. The van der Waals surface area contributed by atoms with E-state index in [1.54, 1.807) is 0 Å². The Bertz CT molecular complexity index is 372. The van der Waals surface area contributed by atoms with Crippen LogP contribution in [0.1, 0.15) is 18.5 Å². The molecule has 1 saturated heterocycles. The fraction of sp³-hybridized carbons (Fsp3) is 0.600. The van der Waals surface area contributed by atoms with Gasteiger partial charge >= 0.3 is 0 Å². The maximum Gasteiger partial charge on any atom is 0.119 e. The predicted molar refractivity (Wildman–Crippen MR) is 76.6 cm³/mol. The van der Waals surface area contributed by atoms with Gasteiger partial charge < -0.3 is 19.7 Å². The molecule has 4 nitrogen and oxygen atoms in total. The number of rotatable bonds is 5. The Balaban J connectivity index is 2.13. The second-order valence-corrected chi connectivity index (χ2v) is 5.05. The topological polar surface area (TPSA) is 33.7 Å². The molecule has 2 rings (SSSR count). The molecule has 1 aliphatic rings. The molecule has 2 atom stereocenters. The minimum Gasteiger partial charge on any atom is -0.494 e. The Morgan fingerprint density at radius 3 is 2.63 bits per heavy atom. The summed E-state index contributed by atoms with van der Waals surface area (Å²) in [6.07, 6.45) is 0. The van der Waals surface area contributed by atoms with E-state index in [-0.39, 0.29) is 0 Å². The minimum absolute atomic E-state index is 0.316. The lowest BCUT2D eigenvalue weighted by Crippen LogP contribution is -2.48. The van der Waals surface area contributed by atoms with E-state index >= 15 is 0 Å². The third kappa shape index (κ3) is 3.69. The van der Waals surface area contributed by atoms with E-state index in [1.807, 2.05) is 19.1 Å². The molecule has 0 radical (unpaired) electrons. The summed E-state index contributed by atoms with van der Waals surface area (Å²) in [7, 11) is 4.22. The third-order valence-corrected chi connectivity index (χ3v) is 3.42. The molecule has 0 saturated carbocycles. The van der Waals surface area contributed by atoms with Crippen LogP contribution in [0.25, 0.3) is 0 Å². The first kappa shape index (κ1) is 14.3.